The van der Waals surface area contributed by atoms with Gasteiger partial charge in [0, 0.05) is 28.7 Å². The van der Waals surface area contributed by atoms with Gasteiger partial charge in [0.1, 0.15) is 5.82 Å². The molecule has 4 N–H and O–H groups in total. The average Bonchev–Trinajstić information content (AvgIpc) is 3.11. The predicted octanol–water partition coefficient (Wildman–Crippen LogP) is 2.51. The van der Waals surface area contributed by atoms with E-state index in [4.69, 9.17) is 5.73 Å². The van der Waals surface area contributed by atoms with Crippen LogP contribution in [0.15, 0.2) is 6.20 Å². The van der Waals surface area contributed by atoms with Crippen molar-refractivity contribution in [2.24, 2.45) is 23.5 Å². The lowest BCUT2D eigenvalue weighted by molar-refractivity contribution is 0.100. The molecule has 6 rings (SSSR count). The molecule has 0 spiro atoms. The zero-order valence-electron chi connectivity index (χ0n) is 12.9. The standard InChI is InChI=1S/C17H21BrN4O/c18-17-4-8-3-9(5-17)13(11(8)6-17)22-14-10-1-2-20-16(10)21-7-12(14)15(19)23/h7-9,11,13H,1-6H2,(H2,19,23)(H2,20,21,22)/t8?,9-,11?,13+,17-/m0/s1. The first-order valence-electron chi connectivity index (χ1n) is 8.55. The molecule has 1 aromatic heterocycles. The van der Waals surface area contributed by atoms with Crippen LogP contribution in [0.25, 0.3) is 0 Å². The number of carbonyl (C=O) groups excluding carboxylic acids is 1. The molecule has 2 unspecified atom stereocenters. The summed E-state index contributed by atoms with van der Waals surface area (Å²) in [7, 11) is 0. The molecule has 23 heavy (non-hydrogen) atoms. The number of anilines is 2. The van der Waals surface area contributed by atoms with Crippen molar-refractivity contribution in [1.29, 1.82) is 0 Å². The van der Waals surface area contributed by atoms with Gasteiger partial charge >= 0.3 is 0 Å². The van der Waals surface area contributed by atoms with Gasteiger partial charge in [-0.3, -0.25) is 4.79 Å². The van der Waals surface area contributed by atoms with E-state index in [1.807, 2.05) is 0 Å². The van der Waals surface area contributed by atoms with Crippen molar-refractivity contribution in [3.63, 3.8) is 0 Å². The van der Waals surface area contributed by atoms with E-state index >= 15 is 0 Å². The van der Waals surface area contributed by atoms with Crippen LogP contribution in [0.3, 0.4) is 0 Å². The van der Waals surface area contributed by atoms with Crippen LogP contribution < -0.4 is 16.4 Å². The summed E-state index contributed by atoms with van der Waals surface area (Å²) in [5.41, 5.74) is 8.22. The minimum Gasteiger partial charge on any atom is -0.381 e. The van der Waals surface area contributed by atoms with Crippen LogP contribution in [-0.2, 0) is 6.42 Å². The number of hydrogen-bond acceptors (Lipinski definition) is 4. The lowest BCUT2D eigenvalue weighted by Crippen LogP contribution is -2.40. The predicted molar refractivity (Wildman–Crippen MR) is 93.0 cm³/mol. The quantitative estimate of drug-likeness (QED) is 0.708. The van der Waals surface area contributed by atoms with Crippen LogP contribution >= 0.6 is 15.9 Å². The largest absolute Gasteiger partial charge is 0.381 e. The minimum atomic E-state index is -0.390. The molecule has 6 heteroatoms. The van der Waals surface area contributed by atoms with Crippen LogP contribution in [0, 0.1) is 17.8 Å². The Hall–Kier alpha value is -1.30. The van der Waals surface area contributed by atoms with Crippen molar-refractivity contribution < 1.29 is 4.79 Å². The smallest absolute Gasteiger partial charge is 0.252 e. The molecule has 4 bridgehead atoms. The first kappa shape index (κ1) is 14.1. The van der Waals surface area contributed by atoms with Crippen molar-refractivity contribution >= 4 is 33.3 Å². The molecular formula is C17H21BrN4O. The van der Waals surface area contributed by atoms with Gasteiger partial charge in [0.05, 0.1) is 11.3 Å². The second-order valence-electron chi connectivity index (χ2n) is 7.77. The number of carbonyl (C=O) groups is 1. The van der Waals surface area contributed by atoms with Gasteiger partial charge in [0.2, 0.25) is 0 Å². The summed E-state index contributed by atoms with van der Waals surface area (Å²) in [5, 5.41) is 7.06. The minimum absolute atomic E-state index is 0.387. The van der Waals surface area contributed by atoms with E-state index in [2.05, 4.69) is 31.5 Å². The molecule has 122 valence electrons. The number of nitrogens with one attached hydrogen (secondary N) is 2. The number of fused-ring (bicyclic) bond motifs is 1. The van der Waals surface area contributed by atoms with Gasteiger partial charge < -0.3 is 16.4 Å². The maximum Gasteiger partial charge on any atom is 0.252 e. The number of primary amides is 1. The third kappa shape index (κ3) is 1.96. The fourth-order valence-corrected chi connectivity index (χ4v) is 6.91. The number of nitrogens with zero attached hydrogens (tertiary/aromatic N) is 1. The van der Waals surface area contributed by atoms with Crippen LogP contribution in [0.4, 0.5) is 11.5 Å². The van der Waals surface area contributed by atoms with E-state index in [9.17, 15) is 4.79 Å². The van der Waals surface area contributed by atoms with E-state index in [0.29, 0.717) is 27.8 Å². The third-order valence-corrected chi connectivity index (χ3v) is 7.43. The Morgan fingerprint density at radius 2 is 2.22 bits per heavy atom. The molecule has 4 aliphatic carbocycles. The zero-order chi connectivity index (χ0) is 15.8. The molecule has 0 radical (unpaired) electrons. The second-order valence-corrected chi connectivity index (χ2v) is 9.45. The molecule has 1 amide bonds. The van der Waals surface area contributed by atoms with E-state index in [0.717, 1.165) is 36.0 Å². The average molecular weight is 377 g/mol. The highest BCUT2D eigenvalue weighted by Crippen LogP contribution is 2.63. The van der Waals surface area contributed by atoms with Gasteiger partial charge in [-0.05, 0) is 49.9 Å². The first-order chi connectivity index (χ1) is 11.0. The maximum atomic E-state index is 11.9. The lowest BCUT2D eigenvalue weighted by atomic mass is 9.79. The maximum absolute atomic E-state index is 11.9. The summed E-state index contributed by atoms with van der Waals surface area (Å²) in [4.78, 5) is 16.2. The van der Waals surface area contributed by atoms with Crippen molar-refractivity contribution in [3.05, 3.63) is 17.3 Å². The van der Waals surface area contributed by atoms with Gasteiger partial charge in [-0.1, -0.05) is 15.9 Å². The van der Waals surface area contributed by atoms with Gasteiger partial charge in [0.15, 0.2) is 0 Å². The lowest BCUT2D eigenvalue weighted by Gasteiger charge is -2.39. The number of aromatic nitrogens is 1. The Balaban J connectivity index is 1.52. The normalized spacial score (nSPS) is 39.3. The number of halogens is 1. The number of hydrogen-bond donors (Lipinski definition) is 3. The highest BCUT2D eigenvalue weighted by Gasteiger charge is 2.59. The summed E-state index contributed by atoms with van der Waals surface area (Å²) < 4.78 is 0.387. The number of nitrogens with two attached hydrogens (primary N) is 1. The molecule has 2 heterocycles. The Bertz CT molecular complexity index is 704. The van der Waals surface area contributed by atoms with Crippen LogP contribution in [0.5, 0.6) is 0 Å². The van der Waals surface area contributed by atoms with Crippen molar-refractivity contribution in [2.45, 2.75) is 42.5 Å². The van der Waals surface area contributed by atoms with E-state index in [1.54, 1.807) is 6.20 Å². The molecule has 1 aromatic rings. The molecule has 4 fully saturated rings. The fourth-order valence-electron chi connectivity index (χ4n) is 5.70. The fraction of sp³-hybridized carbons (Fsp3) is 0.647. The zero-order valence-corrected chi connectivity index (χ0v) is 14.5. The molecule has 0 aromatic carbocycles. The van der Waals surface area contributed by atoms with Crippen molar-refractivity contribution in [2.75, 3.05) is 17.2 Å². The Kier molecular flexibility index (Phi) is 2.83. The van der Waals surface area contributed by atoms with Crippen LogP contribution in [-0.4, -0.2) is 27.8 Å². The molecule has 0 saturated heterocycles. The SMILES string of the molecule is NC(=O)c1cnc2c(c1N[C@H]1C3C[C@]4(Br)CC3C[C@H]1C4)CCN2. The molecule has 5 atom stereocenters. The van der Waals surface area contributed by atoms with Gasteiger partial charge in [-0.25, -0.2) is 4.98 Å². The third-order valence-electron chi connectivity index (χ3n) is 6.46. The summed E-state index contributed by atoms with van der Waals surface area (Å²) in [6.07, 6.45) is 7.66. The van der Waals surface area contributed by atoms with Gasteiger partial charge in [0.25, 0.3) is 5.91 Å². The molecule has 1 aliphatic heterocycles. The number of pyridine rings is 1. The molecule has 5 nitrogen and oxygen atoms in total. The molecular weight excluding hydrogens is 356 g/mol. The number of rotatable bonds is 3. The summed E-state index contributed by atoms with van der Waals surface area (Å²) in [6, 6.07) is 0.471. The molecule has 5 aliphatic rings. The van der Waals surface area contributed by atoms with E-state index < -0.39 is 0 Å². The summed E-state index contributed by atoms with van der Waals surface area (Å²) in [6.45, 7) is 0.879. The summed E-state index contributed by atoms with van der Waals surface area (Å²) >= 11 is 3.99. The Morgan fingerprint density at radius 1 is 1.39 bits per heavy atom. The topological polar surface area (TPSA) is 80.0 Å². The highest BCUT2D eigenvalue weighted by atomic mass is 79.9. The van der Waals surface area contributed by atoms with Gasteiger partial charge in [-0.2, -0.15) is 0 Å². The number of alkyl halides is 1. The number of amides is 1. The van der Waals surface area contributed by atoms with Crippen LogP contribution in [0.2, 0.25) is 0 Å². The summed E-state index contributed by atoms with van der Waals surface area (Å²) in [5.74, 6) is 2.76. The van der Waals surface area contributed by atoms with Gasteiger partial charge in [-0.15, -0.1) is 0 Å². The Morgan fingerprint density at radius 3 is 3.00 bits per heavy atom. The van der Waals surface area contributed by atoms with Crippen LogP contribution in [0.1, 0.15) is 41.6 Å². The van der Waals surface area contributed by atoms with Crippen molar-refractivity contribution in [1.82, 2.24) is 4.98 Å². The Labute approximate surface area is 143 Å². The second kappa shape index (κ2) is 4.62. The first-order valence-corrected chi connectivity index (χ1v) is 9.34. The monoisotopic (exact) mass is 376 g/mol. The molecule has 4 saturated carbocycles. The van der Waals surface area contributed by atoms with E-state index in [1.165, 1.54) is 25.7 Å². The highest BCUT2D eigenvalue weighted by molar-refractivity contribution is 9.10. The van der Waals surface area contributed by atoms with Crippen molar-refractivity contribution in [3.8, 4) is 0 Å². The van der Waals surface area contributed by atoms with E-state index in [-0.39, 0.29) is 5.91 Å².